The first-order valence-corrected chi connectivity index (χ1v) is 10.0. The van der Waals surface area contributed by atoms with Crippen LogP contribution < -0.4 is 5.32 Å². The number of benzene rings is 1. The molecule has 0 bridgehead atoms. The summed E-state index contributed by atoms with van der Waals surface area (Å²) in [5, 5.41) is 12.5. The van der Waals surface area contributed by atoms with Crippen molar-refractivity contribution in [1.29, 1.82) is 0 Å². The Morgan fingerprint density at radius 3 is 2.81 bits per heavy atom. The lowest BCUT2D eigenvalue weighted by atomic mass is 10.2. The fraction of sp³-hybridized carbons (Fsp3) is 0.300. The van der Waals surface area contributed by atoms with Gasteiger partial charge in [0.1, 0.15) is 0 Å². The molecule has 1 aliphatic rings. The number of nitrogens with one attached hydrogen (secondary N) is 1. The molecule has 138 valence electrons. The molecular weight excluding hydrogens is 358 g/mol. The molecule has 0 spiro atoms. The van der Waals surface area contributed by atoms with Crippen molar-refractivity contribution < 1.29 is 4.79 Å². The number of pyridine rings is 1. The minimum absolute atomic E-state index is 0.0923. The number of hydrogen-bond donors (Lipinski definition) is 1. The number of rotatable bonds is 5. The third-order valence-electron chi connectivity index (χ3n) is 4.55. The van der Waals surface area contributed by atoms with Crippen molar-refractivity contribution >= 4 is 17.7 Å². The van der Waals surface area contributed by atoms with Crippen molar-refractivity contribution in [3.05, 3.63) is 60.4 Å². The van der Waals surface area contributed by atoms with Gasteiger partial charge in [-0.1, -0.05) is 48.5 Å². The zero-order valence-corrected chi connectivity index (χ0v) is 15.7. The van der Waals surface area contributed by atoms with E-state index < -0.39 is 0 Å². The van der Waals surface area contributed by atoms with Crippen LogP contribution in [0.2, 0.25) is 0 Å². The summed E-state index contributed by atoms with van der Waals surface area (Å²) in [5.74, 6) is 0.859. The molecular formula is C20H21N5OS. The first-order chi connectivity index (χ1) is 13.3. The average molecular weight is 379 g/mol. The number of hydrogen-bond acceptors (Lipinski definition) is 5. The predicted octanol–water partition coefficient (Wildman–Crippen LogP) is 3.15. The predicted molar refractivity (Wildman–Crippen MR) is 105 cm³/mol. The highest BCUT2D eigenvalue weighted by Crippen LogP contribution is 2.30. The van der Waals surface area contributed by atoms with Gasteiger partial charge in [-0.2, -0.15) is 0 Å². The van der Waals surface area contributed by atoms with E-state index in [1.807, 2.05) is 30.3 Å². The van der Waals surface area contributed by atoms with E-state index in [0.717, 1.165) is 47.9 Å². The molecule has 27 heavy (non-hydrogen) atoms. The van der Waals surface area contributed by atoms with Gasteiger partial charge in [-0.05, 0) is 30.5 Å². The number of thioether (sulfide) groups is 1. The molecule has 4 rings (SSSR count). The van der Waals surface area contributed by atoms with Crippen LogP contribution in [0.3, 0.4) is 0 Å². The second-order valence-electron chi connectivity index (χ2n) is 6.51. The molecule has 0 saturated carbocycles. The molecule has 1 amide bonds. The summed E-state index contributed by atoms with van der Waals surface area (Å²) in [7, 11) is 0. The van der Waals surface area contributed by atoms with Gasteiger partial charge in [0.2, 0.25) is 5.91 Å². The maximum atomic E-state index is 12.4. The minimum atomic E-state index is -0.132. The number of aromatic nitrogens is 4. The summed E-state index contributed by atoms with van der Waals surface area (Å²) in [6.45, 7) is 1.41. The van der Waals surface area contributed by atoms with Crippen LogP contribution in [-0.4, -0.2) is 37.5 Å². The van der Waals surface area contributed by atoms with E-state index in [4.69, 9.17) is 0 Å². The SMILES string of the molecule is O=C1NCCCC[C@@H]1Sc1nnc(-c2cccnc2)n1Cc1ccccc1. The van der Waals surface area contributed by atoms with Gasteiger partial charge in [-0.3, -0.25) is 14.3 Å². The molecule has 3 aromatic rings. The lowest BCUT2D eigenvalue weighted by molar-refractivity contribution is -0.120. The molecule has 2 aromatic heterocycles. The lowest BCUT2D eigenvalue weighted by Gasteiger charge is -2.14. The topological polar surface area (TPSA) is 72.7 Å². The fourth-order valence-corrected chi connectivity index (χ4v) is 4.24. The highest BCUT2D eigenvalue weighted by atomic mass is 32.2. The third kappa shape index (κ3) is 4.19. The molecule has 6 nitrogen and oxygen atoms in total. The first-order valence-electron chi connectivity index (χ1n) is 9.13. The Labute approximate surface area is 162 Å². The molecule has 1 fully saturated rings. The van der Waals surface area contributed by atoms with Crippen molar-refractivity contribution in [3.8, 4) is 11.4 Å². The van der Waals surface area contributed by atoms with Crippen LogP contribution in [0.25, 0.3) is 11.4 Å². The van der Waals surface area contributed by atoms with Gasteiger partial charge in [0, 0.05) is 24.5 Å². The van der Waals surface area contributed by atoms with Crippen LogP contribution in [0.4, 0.5) is 0 Å². The lowest BCUT2D eigenvalue weighted by Crippen LogP contribution is -2.30. The number of amides is 1. The van der Waals surface area contributed by atoms with Crippen molar-refractivity contribution in [2.45, 2.75) is 36.2 Å². The van der Waals surface area contributed by atoms with Gasteiger partial charge in [-0.15, -0.1) is 10.2 Å². The highest BCUT2D eigenvalue weighted by molar-refractivity contribution is 8.00. The average Bonchev–Trinajstić information content (AvgIpc) is 2.98. The Balaban J connectivity index is 1.68. The molecule has 0 radical (unpaired) electrons. The van der Waals surface area contributed by atoms with Crippen LogP contribution in [-0.2, 0) is 11.3 Å². The third-order valence-corrected chi connectivity index (χ3v) is 5.80. The smallest absolute Gasteiger partial charge is 0.233 e. The van der Waals surface area contributed by atoms with Gasteiger partial charge in [0.05, 0.1) is 11.8 Å². The monoisotopic (exact) mass is 379 g/mol. The molecule has 1 saturated heterocycles. The molecule has 0 unspecified atom stereocenters. The van der Waals surface area contributed by atoms with Gasteiger partial charge in [0.15, 0.2) is 11.0 Å². The van der Waals surface area contributed by atoms with Crippen molar-refractivity contribution in [2.24, 2.45) is 0 Å². The van der Waals surface area contributed by atoms with Crippen LogP contribution in [0.1, 0.15) is 24.8 Å². The van der Waals surface area contributed by atoms with E-state index >= 15 is 0 Å². The van der Waals surface area contributed by atoms with Crippen LogP contribution in [0.15, 0.2) is 60.0 Å². The first kappa shape index (κ1) is 17.7. The summed E-state index contributed by atoms with van der Waals surface area (Å²) in [6, 6.07) is 14.1. The Hall–Kier alpha value is -2.67. The molecule has 1 aliphatic heterocycles. The van der Waals surface area contributed by atoms with E-state index in [1.54, 1.807) is 12.4 Å². The maximum Gasteiger partial charge on any atom is 0.233 e. The van der Waals surface area contributed by atoms with Gasteiger partial charge in [-0.25, -0.2) is 0 Å². The fourth-order valence-electron chi connectivity index (χ4n) is 3.14. The van der Waals surface area contributed by atoms with Crippen LogP contribution in [0, 0.1) is 0 Å². The Morgan fingerprint density at radius 1 is 1.11 bits per heavy atom. The number of nitrogens with zero attached hydrogens (tertiary/aromatic N) is 4. The highest BCUT2D eigenvalue weighted by Gasteiger charge is 2.25. The van der Waals surface area contributed by atoms with Gasteiger partial charge < -0.3 is 5.32 Å². The van der Waals surface area contributed by atoms with Crippen molar-refractivity contribution in [2.75, 3.05) is 6.54 Å². The van der Waals surface area contributed by atoms with Gasteiger partial charge in [0.25, 0.3) is 0 Å². The van der Waals surface area contributed by atoms with Crippen molar-refractivity contribution in [3.63, 3.8) is 0 Å². The quantitative estimate of drug-likeness (QED) is 0.737. The van der Waals surface area contributed by atoms with E-state index in [2.05, 4.69) is 37.2 Å². The molecule has 1 N–H and O–H groups in total. The normalized spacial score (nSPS) is 17.3. The van der Waals surface area contributed by atoms with Crippen molar-refractivity contribution in [1.82, 2.24) is 25.1 Å². The molecule has 3 heterocycles. The zero-order valence-electron chi connectivity index (χ0n) is 14.9. The second kappa shape index (κ2) is 8.35. The summed E-state index contributed by atoms with van der Waals surface area (Å²) >= 11 is 1.50. The van der Waals surface area contributed by atoms with E-state index in [9.17, 15) is 4.79 Å². The van der Waals surface area contributed by atoms with Crippen LogP contribution >= 0.6 is 11.8 Å². The molecule has 1 atom stereocenters. The summed E-state index contributed by atoms with van der Waals surface area (Å²) in [4.78, 5) is 16.6. The summed E-state index contributed by atoms with van der Waals surface area (Å²) < 4.78 is 2.08. The standard InChI is InChI=1S/C20H21N5OS/c26-19-17(10-4-5-12-22-19)27-20-24-23-18(16-9-6-11-21-13-16)25(20)14-15-7-2-1-3-8-15/h1-3,6-9,11,13,17H,4-5,10,12,14H2,(H,22,26)/t17-/m0/s1. The number of carbonyl (C=O) groups is 1. The minimum Gasteiger partial charge on any atom is -0.355 e. The van der Waals surface area contributed by atoms with Gasteiger partial charge >= 0.3 is 0 Å². The van der Waals surface area contributed by atoms with Crippen LogP contribution in [0.5, 0.6) is 0 Å². The summed E-state index contributed by atoms with van der Waals surface area (Å²) in [6.07, 6.45) is 6.46. The molecule has 1 aromatic carbocycles. The Kier molecular flexibility index (Phi) is 5.48. The van der Waals surface area contributed by atoms with E-state index in [1.165, 1.54) is 11.8 Å². The second-order valence-corrected chi connectivity index (χ2v) is 7.68. The molecule has 7 heteroatoms. The Bertz CT molecular complexity index is 897. The molecule has 0 aliphatic carbocycles. The number of carbonyl (C=O) groups excluding carboxylic acids is 1. The largest absolute Gasteiger partial charge is 0.355 e. The summed E-state index contributed by atoms with van der Waals surface area (Å²) in [5.41, 5.74) is 2.08. The van der Waals surface area contributed by atoms with E-state index in [0.29, 0.717) is 6.54 Å². The zero-order chi connectivity index (χ0) is 18.5. The van der Waals surface area contributed by atoms with E-state index in [-0.39, 0.29) is 11.2 Å². The Morgan fingerprint density at radius 2 is 2.00 bits per heavy atom. The maximum absolute atomic E-state index is 12.4.